The van der Waals surface area contributed by atoms with Crippen LogP contribution in [0, 0.1) is 0 Å². The molecule has 0 amide bonds. The highest BCUT2D eigenvalue weighted by molar-refractivity contribution is 5.90. The van der Waals surface area contributed by atoms with Crippen molar-refractivity contribution in [3.63, 3.8) is 0 Å². The molecule has 1 aromatic carbocycles. The fourth-order valence-electron chi connectivity index (χ4n) is 1.28. The molecule has 0 aliphatic rings. The Labute approximate surface area is 105 Å². The molecule has 0 bridgehead atoms. The number of halogens is 3. The van der Waals surface area contributed by atoms with E-state index < -0.39 is 17.7 Å². The van der Waals surface area contributed by atoms with E-state index in [1.807, 2.05) is 0 Å². The molecule has 0 radical (unpaired) electrons. The molecule has 0 N–H and O–H groups in total. The van der Waals surface area contributed by atoms with Gasteiger partial charge in [-0.1, -0.05) is 0 Å². The molecule has 2 aromatic rings. The van der Waals surface area contributed by atoms with E-state index in [-0.39, 0.29) is 11.3 Å². The largest absolute Gasteiger partial charge is 0.423 e. The molecule has 0 spiro atoms. The molecular weight excluding hydrogens is 261 g/mol. The maximum absolute atomic E-state index is 12.3. The molecule has 0 saturated carbocycles. The van der Waals surface area contributed by atoms with Crippen LogP contribution < -0.4 is 4.74 Å². The molecule has 0 aliphatic heterocycles. The summed E-state index contributed by atoms with van der Waals surface area (Å²) in [5.74, 6) is -0.720. The van der Waals surface area contributed by atoms with E-state index in [1.165, 1.54) is 18.7 Å². The Morgan fingerprint density at radius 3 is 2.16 bits per heavy atom. The van der Waals surface area contributed by atoms with Crippen molar-refractivity contribution >= 4 is 5.97 Å². The zero-order valence-corrected chi connectivity index (χ0v) is 9.39. The van der Waals surface area contributed by atoms with Gasteiger partial charge in [-0.3, -0.25) is 0 Å². The average molecular weight is 268 g/mol. The van der Waals surface area contributed by atoms with Crippen molar-refractivity contribution in [3.8, 4) is 5.75 Å². The van der Waals surface area contributed by atoms with Crippen molar-refractivity contribution in [1.29, 1.82) is 0 Å². The molecule has 7 heteroatoms. The first kappa shape index (κ1) is 13.0. The van der Waals surface area contributed by atoms with Crippen LogP contribution in [0.4, 0.5) is 13.2 Å². The number of nitrogens with zero attached hydrogens (tertiary/aromatic N) is 2. The maximum Gasteiger partial charge on any atom is 0.416 e. The lowest BCUT2D eigenvalue weighted by molar-refractivity contribution is -0.137. The summed E-state index contributed by atoms with van der Waals surface area (Å²) in [5, 5.41) is 0. The van der Waals surface area contributed by atoms with Gasteiger partial charge in [-0.25, -0.2) is 14.8 Å². The third-order valence-corrected chi connectivity index (χ3v) is 2.19. The van der Waals surface area contributed by atoms with E-state index >= 15 is 0 Å². The lowest BCUT2D eigenvalue weighted by atomic mass is 10.2. The average Bonchev–Trinajstić information content (AvgIpc) is 2.39. The summed E-state index contributed by atoms with van der Waals surface area (Å²) in [6.45, 7) is 0. The molecule has 1 heterocycles. The molecule has 2 rings (SSSR count). The van der Waals surface area contributed by atoms with Crippen LogP contribution in [0.2, 0.25) is 0 Å². The molecule has 19 heavy (non-hydrogen) atoms. The number of esters is 1. The SMILES string of the molecule is O=C(Oc1ccc(C(F)(F)F)cc1)c1cncnc1. The predicted octanol–water partition coefficient (Wildman–Crippen LogP) is 2.71. The van der Waals surface area contributed by atoms with Crippen molar-refractivity contribution in [2.45, 2.75) is 6.18 Å². The van der Waals surface area contributed by atoms with E-state index in [4.69, 9.17) is 4.74 Å². The number of carbonyl (C=O) groups excluding carboxylic acids is 1. The van der Waals surface area contributed by atoms with Crippen LogP contribution in [-0.4, -0.2) is 15.9 Å². The van der Waals surface area contributed by atoms with Crippen molar-refractivity contribution in [1.82, 2.24) is 9.97 Å². The summed E-state index contributed by atoms with van der Waals surface area (Å²) < 4.78 is 41.9. The minimum Gasteiger partial charge on any atom is -0.423 e. The van der Waals surface area contributed by atoms with Crippen LogP contribution in [0.25, 0.3) is 0 Å². The molecule has 1 aromatic heterocycles. The van der Waals surface area contributed by atoms with Gasteiger partial charge in [0.05, 0.1) is 11.1 Å². The van der Waals surface area contributed by atoms with E-state index in [0.29, 0.717) is 0 Å². The van der Waals surface area contributed by atoms with Crippen LogP contribution in [0.1, 0.15) is 15.9 Å². The third kappa shape index (κ3) is 3.27. The Morgan fingerprint density at radius 2 is 1.63 bits per heavy atom. The number of carbonyl (C=O) groups is 1. The quantitative estimate of drug-likeness (QED) is 0.620. The molecule has 0 unspecified atom stereocenters. The van der Waals surface area contributed by atoms with Gasteiger partial charge in [-0.15, -0.1) is 0 Å². The monoisotopic (exact) mass is 268 g/mol. The Bertz CT molecular complexity index is 568. The number of hydrogen-bond acceptors (Lipinski definition) is 4. The second-order valence-electron chi connectivity index (χ2n) is 3.54. The van der Waals surface area contributed by atoms with Crippen LogP contribution in [0.5, 0.6) is 5.75 Å². The zero-order valence-electron chi connectivity index (χ0n) is 9.39. The van der Waals surface area contributed by atoms with Crippen LogP contribution in [-0.2, 0) is 6.18 Å². The number of rotatable bonds is 2. The highest BCUT2D eigenvalue weighted by Crippen LogP contribution is 2.30. The van der Waals surface area contributed by atoms with E-state index in [9.17, 15) is 18.0 Å². The van der Waals surface area contributed by atoms with Crippen molar-refractivity contribution in [2.75, 3.05) is 0 Å². The first-order valence-corrected chi connectivity index (χ1v) is 5.11. The zero-order chi connectivity index (χ0) is 13.9. The fourth-order valence-corrected chi connectivity index (χ4v) is 1.28. The molecule has 0 saturated heterocycles. The molecular formula is C12H7F3N2O2. The predicted molar refractivity (Wildman–Crippen MR) is 58.4 cm³/mol. The lowest BCUT2D eigenvalue weighted by Gasteiger charge is -2.07. The second kappa shape index (κ2) is 5.05. The smallest absolute Gasteiger partial charge is 0.416 e. The summed E-state index contributed by atoms with van der Waals surface area (Å²) in [4.78, 5) is 18.8. The minimum atomic E-state index is -4.42. The number of aromatic nitrogens is 2. The molecule has 0 fully saturated rings. The summed E-state index contributed by atoms with van der Waals surface area (Å²) in [7, 11) is 0. The third-order valence-electron chi connectivity index (χ3n) is 2.19. The molecule has 98 valence electrons. The van der Waals surface area contributed by atoms with Gasteiger partial charge in [-0.05, 0) is 24.3 Å². The molecule has 0 aliphatic carbocycles. The van der Waals surface area contributed by atoms with Gasteiger partial charge in [0.2, 0.25) is 0 Å². The Morgan fingerprint density at radius 1 is 1.05 bits per heavy atom. The Balaban J connectivity index is 2.10. The second-order valence-corrected chi connectivity index (χ2v) is 3.54. The van der Waals surface area contributed by atoms with Crippen LogP contribution in [0.15, 0.2) is 43.0 Å². The standard InChI is InChI=1S/C12H7F3N2O2/c13-12(14,15)9-1-3-10(4-2-9)19-11(18)8-5-16-7-17-6-8/h1-7H. The highest BCUT2D eigenvalue weighted by atomic mass is 19.4. The minimum absolute atomic E-state index is 0.0156. The Kier molecular flexibility index (Phi) is 3.46. The topological polar surface area (TPSA) is 52.1 Å². The summed E-state index contributed by atoms with van der Waals surface area (Å²) >= 11 is 0. The molecule has 4 nitrogen and oxygen atoms in total. The van der Waals surface area contributed by atoms with Gasteiger partial charge in [0.25, 0.3) is 0 Å². The van der Waals surface area contributed by atoms with Gasteiger partial charge >= 0.3 is 12.1 Å². The molecule has 0 atom stereocenters. The normalized spacial score (nSPS) is 11.1. The fraction of sp³-hybridized carbons (Fsp3) is 0.0833. The van der Waals surface area contributed by atoms with Gasteiger partial charge < -0.3 is 4.74 Å². The number of alkyl halides is 3. The van der Waals surface area contributed by atoms with Crippen LogP contribution in [0.3, 0.4) is 0 Å². The van der Waals surface area contributed by atoms with Gasteiger partial charge in [0.15, 0.2) is 0 Å². The van der Waals surface area contributed by atoms with E-state index in [1.54, 1.807) is 0 Å². The van der Waals surface area contributed by atoms with Crippen molar-refractivity contribution in [3.05, 3.63) is 54.1 Å². The maximum atomic E-state index is 12.3. The summed E-state index contributed by atoms with van der Waals surface area (Å²) in [6, 6.07) is 3.82. The Hall–Kier alpha value is -2.44. The lowest BCUT2D eigenvalue weighted by Crippen LogP contribution is -2.10. The number of benzene rings is 1. The van der Waals surface area contributed by atoms with E-state index in [2.05, 4.69) is 9.97 Å². The van der Waals surface area contributed by atoms with Gasteiger partial charge in [-0.2, -0.15) is 13.2 Å². The first-order valence-electron chi connectivity index (χ1n) is 5.11. The highest BCUT2D eigenvalue weighted by Gasteiger charge is 2.30. The van der Waals surface area contributed by atoms with Gasteiger partial charge in [0, 0.05) is 12.4 Å². The summed E-state index contributed by atoms with van der Waals surface area (Å²) in [5.41, 5.74) is -0.697. The first-order chi connectivity index (χ1) is 8.97. The summed E-state index contributed by atoms with van der Waals surface area (Å²) in [6.07, 6.45) is -0.677. The van der Waals surface area contributed by atoms with E-state index in [0.717, 1.165) is 24.3 Å². The number of ether oxygens (including phenoxy) is 1. The number of hydrogen-bond donors (Lipinski definition) is 0. The van der Waals surface area contributed by atoms with Crippen molar-refractivity contribution in [2.24, 2.45) is 0 Å². The van der Waals surface area contributed by atoms with Crippen LogP contribution >= 0.6 is 0 Å². The van der Waals surface area contributed by atoms with Gasteiger partial charge in [0.1, 0.15) is 12.1 Å². The van der Waals surface area contributed by atoms with Crippen molar-refractivity contribution < 1.29 is 22.7 Å².